The second-order valence-electron chi connectivity index (χ2n) is 3.45. The van der Waals surface area contributed by atoms with Crippen LogP contribution in [-0.4, -0.2) is 18.0 Å². The average Bonchev–Trinajstić information content (AvgIpc) is 2.30. The Bertz CT molecular complexity index is 401. The monoisotopic (exact) mass is 204 g/mol. The summed E-state index contributed by atoms with van der Waals surface area (Å²) in [5.74, 6) is 0. The summed E-state index contributed by atoms with van der Waals surface area (Å²) in [7, 11) is 0. The number of hydrogen-bond acceptors (Lipinski definition) is 3. The van der Waals surface area contributed by atoms with Gasteiger partial charge in [-0.25, -0.2) is 0 Å². The molecule has 0 spiro atoms. The number of rotatable bonds is 2. The van der Waals surface area contributed by atoms with E-state index in [9.17, 15) is 10.1 Å². The zero-order valence-corrected chi connectivity index (χ0v) is 8.30. The molecule has 0 saturated heterocycles. The highest BCUT2D eigenvalue weighted by atomic mass is 16.6. The molecule has 1 aromatic rings. The predicted octanol–water partition coefficient (Wildman–Crippen LogP) is 2.36. The third kappa shape index (κ3) is 1.98. The molecular weight excluding hydrogens is 192 g/mol. The SMILES string of the molecule is O=[N+]([O-])c1ccccc1N1CC=CCC1. The van der Waals surface area contributed by atoms with Gasteiger partial charge in [-0.1, -0.05) is 24.3 Å². The van der Waals surface area contributed by atoms with Gasteiger partial charge in [0.1, 0.15) is 5.69 Å². The summed E-state index contributed by atoms with van der Waals surface area (Å²) in [6.07, 6.45) is 5.09. The molecule has 1 aromatic carbocycles. The van der Waals surface area contributed by atoms with Crippen molar-refractivity contribution in [1.82, 2.24) is 0 Å². The Labute approximate surface area is 88.0 Å². The van der Waals surface area contributed by atoms with Gasteiger partial charge in [0.2, 0.25) is 0 Å². The molecule has 78 valence electrons. The minimum Gasteiger partial charge on any atom is -0.362 e. The first-order valence-corrected chi connectivity index (χ1v) is 4.92. The van der Waals surface area contributed by atoms with Crippen LogP contribution in [0.5, 0.6) is 0 Å². The van der Waals surface area contributed by atoms with Gasteiger partial charge in [-0.05, 0) is 12.5 Å². The van der Waals surface area contributed by atoms with Gasteiger partial charge in [0, 0.05) is 19.2 Å². The topological polar surface area (TPSA) is 46.4 Å². The summed E-state index contributed by atoms with van der Waals surface area (Å²) in [4.78, 5) is 12.5. The Morgan fingerprint density at radius 1 is 1.27 bits per heavy atom. The maximum atomic E-state index is 10.8. The van der Waals surface area contributed by atoms with E-state index in [4.69, 9.17) is 0 Å². The van der Waals surface area contributed by atoms with Crippen molar-refractivity contribution in [2.45, 2.75) is 6.42 Å². The maximum absolute atomic E-state index is 10.8. The number of nitro groups is 1. The minimum atomic E-state index is -0.326. The normalized spacial score (nSPS) is 15.3. The van der Waals surface area contributed by atoms with Gasteiger partial charge in [0.05, 0.1) is 4.92 Å². The lowest BCUT2D eigenvalue weighted by Gasteiger charge is -2.24. The molecule has 1 heterocycles. The molecule has 0 aliphatic carbocycles. The van der Waals surface area contributed by atoms with Gasteiger partial charge in [0.15, 0.2) is 0 Å². The Kier molecular flexibility index (Phi) is 2.67. The lowest BCUT2D eigenvalue weighted by atomic mass is 10.2. The molecule has 2 rings (SSSR count). The average molecular weight is 204 g/mol. The van der Waals surface area contributed by atoms with Crippen LogP contribution in [0.1, 0.15) is 6.42 Å². The van der Waals surface area contributed by atoms with Crippen molar-refractivity contribution in [2.24, 2.45) is 0 Å². The van der Waals surface area contributed by atoms with Crippen LogP contribution < -0.4 is 4.90 Å². The molecule has 15 heavy (non-hydrogen) atoms. The number of benzene rings is 1. The van der Waals surface area contributed by atoms with Crippen molar-refractivity contribution in [3.8, 4) is 0 Å². The number of para-hydroxylation sites is 2. The zero-order chi connectivity index (χ0) is 10.7. The fourth-order valence-corrected chi connectivity index (χ4v) is 1.75. The summed E-state index contributed by atoms with van der Waals surface area (Å²) in [6, 6.07) is 6.88. The van der Waals surface area contributed by atoms with E-state index >= 15 is 0 Å². The molecule has 1 aliphatic heterocycles. The highest BCUT2D eigenvalue weighted by molar-refractivity contribution is 5.63. The molecule has 0 saturated carbocycles. The number of anilines is 1. The van der Waals surface area contributed by atoms with Gasteiger partial charge in [0.25, 0.3) is 5.69 Å². The molecule has 0 radical (unpaired) electrons. The van der Waals surface area contributed by atoms with Crippen LogP contribution in [0.25, 0.3) is 0 Å². The summed E-state index contributed by atoms with van der Waals surface area (Å²) < 4.78 is 0. The molecule has 0 N–H and O–H groups in total. The van der Waals surface area contributed by atoms with Gasteiger partial charge < -0.3 is 4.90 Å². The van der Waals surface area contributed by atoms with E-state index in [2.05, 4.69) is 6.08 Å². The third-order valence-electron chi connectivity index (χ3n) is 2.48. The lowest BCUT2D eigenvalue weighted by Crippen LogP contribution is -2.27. The van der Waals surface area contributed by atoms with E-state index in [0.717, 1.165) is 19.5 Å². The summed E-state index contributed by atoms with van der Waals surface area (Å²) in [5.41, 5.74) is 0.902. The molecular formula is C11H12N2O2. The van der Waals surface area contributed by atoms with Crippen molar-refractivity contribution in [3.63, 3.8) is 0 Å². The highest BCUT2D eigenvalue weighted by Crippen LogP contribution is 2.28. The Morgan fingerprint density at radius 2 is 2.07 bits per heavy atom. The van der Waals surface area contributed by atoms with E-state index in [-0.39, 0.29) is 10.6 Å². The number of hydrogen-bond donors (Lipinski definition) is 0. The Balaban J connectivity index is 2.34. The fraction of sp³-hybridized carbons (Fsp3) is 0.273. The van der Waals surface area contributed by atoms with Crippen LogP contribution in [0.2, 0.25) is 0 Å². The molecule has 0 fully saturated rings. The first-order valence-electron chi connectivity index (χ1n) is 4.92. The zero-order valence-electron chi connectivity index (χ0n) is 8.30. The minimum absolute atomic E-state index is 0.188. The molecule has 4 nitrogen and oxygen atoms in total. The third-order valence-corrected chi connectivity index (χ3v) is 2.48. The number of nitrogens with zero attached hydrogens (tertiary/aromatic N) is 2. The lowest BCUT2D eigenvalue weighted by molar-refractivity contribution is -0.384. The van der Waals surface area contributed by atoms with E-state index < -0.39 is 0 Å². The van der Waals surface area contributed by atoms with Gasteiger partial charge in [-0.15, -0.1) is 0 Å². The second kappa shape index (κ2) is 4.13. The van der Waals surface area contributed by atoms with Crippen LogP contribution in [0.3, 0.4) is 0 Å². The Hall–Kier alpha value is -1.84. The molecule has 0 unspecified atom stereocenters. The van der Waals surface area contributed by atoms with E-state index in [1.165, 1.54) is 0 Å². The number of nitro benzene ring substituents is 1. The van der Waals surface area contributed by atoms with Crippen LogP contribution in [0.4, 0.5) is 11.4 Å². The molecule has 0 amide bonds. The maximum Gasteiger partial charge on any atom is 0.292 e. The first-order chi connectivity index (χ1) is 7.29. The fourth-order valence-electron chi connectivity index (χ4n) is 1.75. The summed E-state index contributed by atoms with van der Waals surface area (Å²) >= 11 is 0. The van der Waals surface area contributed by atoms with Crippen molar-refractivity contribution >= 4 is 11.4 Å². The molecule has 0 aromatic heterocycles. The van der Waals surface area contributed by atoms with Crippen molar-refractivity contribution in [2.75, 3.05) is 18.0 Å². The van der Waals surface area contributed by atoms with E-state index in [1.54, 1.807) is 18.2 Å². The van der Waals surface area contributed by atoms with Gasteiger partial charge in [-0.2, -0.15) is 0 Å². The molecule has 4 heteroatoms. The largest absolute Gasteiger partial charge is 0.362 e. The molecule has 0 atom stereocenters. The Morgan fingerprint density at radius 3 is 2.73 bits per heavy atom. The van der Waals surface area contributed by atoms with Crippen LogP contribution in [0.15, 0.2) is 36.4 Å². The van der Waals surface area contributed by atoms with Crippen LogP contribution in [-0.2, 0) is 0 Å². The summed E-state index contributed by atoms with van der Waals surface area (Å²) in [5, 5.41) is 10.8. The van der Waals surface area contributed by atoms with E-state index in [1.807, 2.05) is 17.0 Å². The van der Waals surface area contributed by atoms with Crippen molar-refractivity contribution < 1.29 is 4.92 Å². The smallest absolute Gasteiger partial charge is 0.292 e. The van der Waals surface area contributed by atoms with Crippen molar-refractivity contribution in [1.29, 1.82) is 0 Å². The molecule has 0 bridgehead atoms. The standard InChI is InChI=1S/C11H12N2O2/c14-13(15)11-7-3-2-6-10(11)12-8-4-1-5-9-12/h1-4,6-7H,5,8-9H2. The summed E-state index contributed by atoms with van der Waals surface area (Å²) in [6.45, 7) is 1.60. The quantitative estimate of drug-likeness (QED) is 0.422. The second-order valence-corrected chi connectivity index (χ2v) is 3.45. The van der Waals surface area contributed by atoms with Gasteiger partial charge >= 0.3 is 0 Å². The molecule has 1 aliphatic rings. The predicted molar refractivity (Wildman–Crippen MR) is 59.1 cm³/mol. The van der Waals surface area contributed by atoms with Crippen molar-refractivity contribution in [3.05, 3.63) is 46.5 Å². The highest BCUT2D eigenvalue weighted by Gasteiger charge is 2.18. The van der Waals surface area contributed by atoms with Gasteiger partial charge in [-0.3, -0.25) is 10.1 Å². The first kappa shape index (κ1) is 9.71. The van der Waals surface area contributed by atoms with E-state index in [0.29, 0.717) is 5.69 Å². The van der Waals surface area contributed by atoms with Crippen LogP contribution >= 0.6 is 0 Å². The van der Waals surface area contributed by atoms with Crippen LogP contribution in [0, 0.1) is 10.1 Å².